The first-order chi connectivity index (χ1) is 8.06. The zero-order valence-electron chi connectivity index (χ0n) is 11.1. The van der Waals surface area contributed by atoms with Crippen LogP contribution in [0.1, 0.15) is 52.4 Å². The molecule has 0 saturated heterocycles. The summed E-state index contributed by atoms with van der Waals surface area (Å²) in [5.74, 6) is 0. The van der Waals surface area contributed by atoms with Gasteiger partial charge in [0.05, 0.1) is 6.10 Å². The molecule has 4 nitrogen and oxygen atoms in total. The van der Waals surface area contributed by atoms with Crippen LogP contribution >= 0.6 is 0 Å². The van der Waals surface area contributed by atoms with Crippen molar-refractivity contribution in [1.82, 2.24) is 10.6 Å². The third kappa shape index (κ3) is 5.39. The number of amides is 2. The van der Waals surface area contributed by atoms with Crippen LogP contribution in [0, 0.1) is 5.41 Å². The minimum absolute atomic E-state index is 0.110. The van der Waals surface area contributed by atoms with Gasteiger partial charge in [0.2, 0.25) is 0 Å². The summed E-state index contributed by atoms with van der Waals surface area (Å²) < 4.78 is 0. The molecule has 1 atom stereocenters. The zero-order valence-corrected chi connectivity index (χ0v) is 11.1. The fourth-order valence-corrected chi connectivity index (χ4v) is 2.32. The summed E-state index contributed by atoms with van der Waals surface area (Å²) >= 11 is 0. The molecule has 0 heterocycles. The molecule has 3 N–H and O–H groups in total. The Labute approximate surface area is 104 Å². The van der Waals surface area contributed by atoms with Gasteiger partial charge in [-0.15, -0.1) is 0 Å². The van der Waals surface area contributed by atoms with E-state index in [4.69, 9.17) is 0 Å². The Morgan fingerprint density at radius 1 is 1.35 bits per heavy atom. The normalized spacial score (nSPS) is 19.9. The molecule has 0 aromatic heterocycles. The molecule has 2 amide bonds. The van der Waals surface area contributed by atoms with Crippen molar-refractivity contribution in [1.29, 1.82) is 0 Å². The predicted octanol–water partition coefficient (Wildman–Crippen LogP) is 2.03. The minimum atomic E-state index is -0.303. The highest BCUT2D eigenvalue weighted by Crippen LogP contribution is 2.36. The van der Waals surface area contributed by atoms with Crippen molar-refractivity contribution in [3.63, 3.8) is 0 Å². The van der Waals surface area contributed by atoms with Crippen molar-refractivity contribution in [2.45, 2.75) is 58.5 Å². The molecule has 0 aromatic carbocycles. The Balaban J connectivity index is 2.08. The van der Waals surface area contributed by atoms with Gasteiger partial charge in [-0.25, -0.2) is 4.79 Å². The van der Waals surface area contributed by atoms with Gasteiger partial charge in [-0.2, -0.15) is 0 Å². The molecule has 0 spiro atoms. The molecule has 1 aliphatic rings. The largest absolute Gasteiger partial charge is 0.393 e. The smallest absolute Gasteiger partial charge is 0.314 e. The van der Waals surface area contributed by atoms with E-state index in [1.54, 1.807) is 0 Å². The Morgan fingerprint density at radius 3 is 2.59 bits per heavy atom. The van der Waals surface area contributed by atoms with Gasteiger partial charge in [-0.05, 0) is 31.1 Å². The second-order valence-electron chi connectivity index (χ2n) is 5.48. The molecular formula is C13H26N2O2. The van der Waals surface area contributed by atoms with E-state index in [2.05, 4.69) is 17.6 Å². The van der Waals surface area contributed by atoms with Crippen molar-refractivity contribution in [3.8, 4) is 0 Å². The lowest BCUT2D eigenvalue weighted by atomic mass is 9.89. The molecule has 1 rings (SSSR count). The van der Waals surface area contributed by atoms with Crippen molar-refractivity contribution in [3.05, 3.63) is 0 Å². The third-order valence-corrected chi connectivity index (χ3v) is 3.72. The highest BCUT2D eigenvalue weighted by atomic mass is 16.3. The summed E-state index contributed by atoms with van der Waals surface area (Å²) in [6, 6.07) is -0.110. The number of aliphatic hydroxyl groups is 1. The van der Waals surface area contributed by atoms with E-state index < -0.39 is 0 Å². The van der Waals surface area contributed by atoms with E-state index in [9.17, 15) is 9.90 Å². The number of hydrogen-bond acceptors (Lipinski definition) is 2. The van der Waals surface area contributed by atoms with Gasteiger partial charge < -0.3 is 15.7 Å². The van der Waals surface area contributed by atoms with Gasteiger partial charge in [-0.1, -0.05) is 26.7 Å². The number of urea groups is 1. The van der Waals surface area contributed by atoms with Crippen LogP contribution < -0.4 is 10.6 Å². The first-order valence-electron chi connectivity index (χ1n) is 6.75. The Bertz CT molecular complexity index is 238. The highest BCUT2D eigenvalue weighted by molar-refractivity contribution is 5.73. The summed E-state index contributed by atoms with van der Waals surface area (Å²) in [6.07, 6.45) is 6.04. The monoisotopic (exact) mass is 242 g/mol. The molecule has 1 fully saturated rings. The number of hydrogen-bond donors (Lipinski definition) is 3. The van der Waals surface area contributed by atoms with Gasteiger partial charge in [0.15, 0.2) is 0 Å². The lowest BCUT2D eigenvalue weighted by Crippen LogP contribution is -2.41. The second-order valence-corrected chi connectivity index (χ2v) is 5.48. The van der Waals surface area contributed by atoms with Crippen molar-refractivity contribution < 1.29 is 9.90 Å². The molecule has 0 bridgehead atoms. The molecule has 1 saturated carbocycles. The molecule has 4 heteroatoms. The van der Waals surface area contributed by atoms with E-state index >= 15 is 0 Å². The molecular weight excluding hydrogens is 216 g/mol. The van der Waals surface area contributed by atoms with Crippen LogP contribution in [0.4, 0.5) is 4.79 Å². The third-order valence-electron chi connectivity index (χ3n) is 3.72. The fraction of sp³-hybridized carbons (Fsp3) is 0.923. The van der Waals surface area contributed by atoms with Crippen LogP contribution in [0.2, 0.25) is 0 Å². The minimum Gasteiger partial charge on any atom is -0.393 e. The maximum atomic E-state index is 11.5. The lowest BCUT2D eigenvalue weighted by molar-refractivity contribution is 0.159. The van der Waals surface area contributed by atoms with Crippen LogP contribution in [-0.2, 0) is 0 Å². The van der Waals surface area contributed by atoms with Crippen LogP contribution in [0.15, 0.2) is 0 Å². The van der Waals surface area contributed by atoms with Gasteiger partial charge in [0, 0.05) is 13.1 Å². The molecule has 0 radical (unpaired) electrons. The van der Waals surface area contributed by atoms with Gasteiger partial charge >= 0.3 is 6.03 Å². The number of carbonyl (C=O) groups excluding carboxylic acids is 1. The van der Waals surface area contributed by atoms with E-state index in [0.717, 1.165) is 13.0 Å². The lowest BCUT2D eigenvalue weighted by Gasteiger charge is -2.23. The number of rotatable bonds is 6. The second kappa shape index (κ2) is 6.84. The van der Waals surface area contributed by atoms with Crippen LogP contribution in [0.3, 0.4) is 0 Å². The van der Waals surface area contributed by atoms with Crippen LogP contribution in [-0.4, -0.2) is 30.3 Å². The van der Waals surface area contributed by atoms with Gasteiger partial charge in [-0.3, -0.25) is 0 Å². The Kier molecular flexibility index (Phi) is 5.75. The number of aliphatic hydroxyl groups excluding tert-OH is 1. The fourth-order valence-electron chi connectivity index (χ4n) is 2.32. The van der Waals surface area contributed by atoms with Crippen LogP contribution in [0.5, 0.6) is 0 Å². The Morgan fingerprint density at radius 2 is 2.00 bits per heavy atom. The summed E-state index contributed by atoms with van der Waals surface area (Å²) in [5, 5.41) is 15.0. The van der Waals surface area contributed by atoms with E-state index in [0.29, 0.717) is 18.4 Å². The molecule has 17 heavy (non-hydrogen) atoms. The number of nitrogens with one attached hydrogen (secondary N) is 2. The zero-order chi connectivity index (χ0) is 12.7. The number of carbonyl (C=O) groups is 1. The van der Waals surface area contributed by atoms with Gasteiger partial charge in [0.25, 0.3) is 0 Å². The SMILES string of the molecule is CCC(O)CCNC(=O)NCC1(C)CCCC1. The topological polar surface area (TPSA) is 61.4 Å². The highest BCUT2D eigenvalue weighted by Gasteiger charge is 2.28. The summed E-state index contributed by atoms with van der Waals surface area (Å²) in [5.41, 5.74) is 0.292. The summed E-state index contributed by atoms with van der Waals surface area (Å²) in [4.78, 5) is 11.5. The standard InChI is InChI=1S/C13H26N2O2/c1-3-11(16)6-9-14-12(17)15-10-13(2)7-4-5-8-13/h11,16H,3-10H2,1-2H3,(H2,14,15,17). The molecule has 1 aliphatic carbocycles. The molecule has 0 aromatic rings. The maximum Gasteiger partial charge on any atom is 0.314 e. The van der Waals surface area contributed by atoms with Crippen molar-refractivity contribution >= 4 is 6.03 Å². The average Bonchev–Trinajstić information content (AvgIpc) is 2.74. The van der Waals surface area contributed by atoms with Crippen molar-refractivity contribution in [2.75, 3.05) is 13.1 Å². The van der Waals surface area contributed by atoms with Crippen molar-refractivity contribution in [2.24, 2.45) is 5.41 Å². The van der Waals surface area contributed by atoms with E-state index in [-0.39, 0.29) is 12.1 Å². The first kappa shape index (κ1) is 14.3. The molecule has 0 aliphatic heterocycles. The summed E-state index contributed by atoms with van der Waals surface area (Å²) in [6.45, 7) is 5.47. The van der Waals surface area contributed by atoms with E-state index in [1.807, 2.05) is 6.92 Å². The van der Waals surface area contributed by atoms with Crippen LogP contribution in [0.25, 0.3) is 0 Å². The maximum absolute atomic E-state index is 11.5. The van der Waals surface area contributed by atoms with E-state index in [1.165, 1.54) is 25.7 Å². The predicted molar refractivity (Wildman–Crippen MR) is 68.9 cm³/mol. The quantitative estimate of drug-likeness (QED) is 0.667. The molecule has 1 unspecified atom stereocenters. The Hall–Kier alpha value is -0.770. The summed E-state index contributed by atoms with van der Waals surface area (Å²) in [7, 11) is 0. The molecule has 100 valence electrons. The first-order valence-corrected chi connectivity index (χ1v) is 6.75. The van der Waals surface area contributed by atoms with Gasteiger partial charge in [0.1, 0.15) is 0 Å². The average molecular weight is 242 g/mol.